The van der Waals surface area contributed by atoms with Crippen molar-refractivity contribution in [2.24, 2.45) is 0 Å². The van der Waals surface area contributed by atoms with Crippen molar-refractivity contribution in [1.29, 1.82) is 0 Å². The molecule has 3 atom stereocenters. The molecule has 0 radical (unpaired) electrons. The van der Waals surface area contributed by atoms with Gasteiger partial charge in [-0.25, -0.2) is 4.57 Å². The summed E-state index contributed by atoms with van der Waals surface area (Å²) < 4.78 is 30.8. The van der Waals surface area contributed by atoms with Crippen LogP contribution in [0.5, 0.6) is 0 Å². The molecule has 0 aliphatic carbocycles. The second kappa shape index (κ2) is 59.1. The number of hydrogen-bond acceptors (Lipinski definition) is 6. The van der Waals surface area contributed by atoms with Crippen LogP contribution in [0, 0.1) is 0 Å². The highest BCUT2D eigenvalue weighted by atomic mass is 31.2. The van der Waals surface area contributed by atoms with Crippen LogP contribution in [-0.2, 0) is 27.9 Å². The Kier molecular flexibility index (Phi) is 57.6. The van der Waals surface area contributed by atoms with E-state index >= 15 is 0 Å². The number of esters is 1. The second-order valence-electron chi connectivity index (χ2n) is 24.4. The first kappa shape index (κ1) is 77.0. The summed E-state index contributed by atoms with van der Waals surface area (Å²) in [6, 6.07) is -0.848. The first-order valence-corrected chi connectivity index (χ1v) is 35.5. The normalized spacial score (nSPS) is 13.9. The molecular formula is C69H132N2O7P+. The fourth-order valence-electron chi connectivity index (χ4n) is 10.0. The van der Waals surface area contributed by atoms with E-state index in [1.54, 1.807) is 0 Å². The molecule has 0 fully saturated rings. The monoisotopic (exact) mass is 1130 g/mol. The van der Waals surface area contributed by atoms with Gasteiger partial charge in [0.15, 0.2) is 0 Å². The van der Waals surface area contributed by atoms with E-state index in [0.29, 0.717) is 23.9 Å². The van der Waals surface area contributed by atoms with Gasteiger partial charge in [0.1, 0.15) is 19.3 Å². The van der Waals surface area contributed by atoms with Crippen molar-refractivity contribution in [3.8, 4) is 0 Å². The molecule has 0 heterocycles. The average molecular weight is 1130 g/mol. The Bertz CT molecular complexity index is 1490. The van der Waals surface area contributed by atoms with E-state index < -0.39 is 20.0 Å². The topological polar surface area (TPSA) is 111 Å². The number of amides is 1. The molecule has 0 saturated heterocycles. The van der Waals surface area contributed by atoms with Gasteiger partial charge in [0, 0.05) is 12.8 Å². The van der Waals surface area contributed by atoms with Crippen molar-refractivity contribution in [1.82, 2.24) is 5.32 Å². The lowest BCUT2D eigenvalue weighted by Crippen LogP contribution is -2.47. The predicted octanol–water partition coefficient (Wildman–Crippen LogP) is 21.2. The molecule has 0 aromatic heterocycles. The Labute approximate surface area is 490 Å². The number of phosphoric ester groups is 1. The number of nitrogens with one attached hydrogen (secondary N) is 1. The number of nitrogens with zero attached hydrogens (tertiary/aromatic N) is 1. The summed E-state index contributed by atoms with van der Waals surface area (Å²) in [5, 5.41) is 3.07. The predicted molar refractivity (Wildman–Crippen MR) is 342 cm³/mol. The maximum Gasteiger partial charge on any atom is 0.472 e. The van der Waals surface area contributed by atoms with Crippen LogP contribution in [-0.4, -0.2) is 74.3 Å². The van der Waals surface area contributed by atoms with Gasteiger partial charge in [0.25, 0.3) is 0 Å². The SMILES string of the molecule is CCCCC/C=C\C/C=C\C/C=C\CCCCCCCCCCCCC(=O)NC(COP(=O)(O)OCC[N+](C)(C)C)C(/C=C\CCCCCCCCCCCCC)OC(=O)CCCCCCCCCCCCCCCCCCC. The third-order valence-corrected chi connectivity index (χ3v) is 16.3. The smallest absolute Gasteiger partial charge is 0.456 e. The summed E-state index contributed by atoms with van der Waals surface area (Å²) in [5.74, 6) is -0.494. The lowest BCUT2D eigenvalue weighted by atomic mass is 10.0. The quantitative estimate of drug-likeness (QED) is 0.0205. The van der Waals surface area contributed by atoms with Crippen LogP contribution in [0.4, 0.5) is 0 Å². The highest BCUT2D eigenvalue weighted by Gasteiger charge is 2.30. The highest BCUT2D eigenvalue weighted by molar-refractivity contribution is 7.47. The number of carbonyl (C=O) groups is 2. The zero-order valence-electron chi connectivity index (χ0n) is 53.1. The van der Waals surface area contributed by atoms with E-state index in [-0.39, 0.29) is 25.1 Å². The van der Waals surface area contributed by atoms with Crippen LogP contribution in [0.15, 0.2) is 48.6 Å². The molecule has 0 aliphatic rings. The third kappa shape index (κ3) is 60.4. The summed E-state index contributed by atoms with van der Waals surface area (Å²) in [7, 11) is 1.50. The molecule has 10 heteroatoms. The van der Waals surface area contributed by atoms with Gasteiger partial charge in [-0.2, -0.15) is 0 Å². The number of rotatable bonds is 62. The maximum absolute atomic E-state index is 13.6. The van der Waals surface area contributed by atoms with Gasteiger partial charge in [0.2, 0.25) is 5.91 Å². The molecule has 3 unspecified atom stereocenters. The zero-order chi connectivity index (χ0) is 57.9. The molecule has 0 aliphatic heterocycles. The molecule has 0 aromatic rings. The summed E-state index contributed by atoms with van der Waals surface area (Å²) in [4.78, 5) is 37.8. The van der Waals surface area contributed by atoms with Gasteiger partial charge >= 0.3 is 13.8 Å². The van der Waals surface area contributed by atoms with Crippen LogP contribution in [0.1, 0.15) is 329 Å². The summed E-state index contributed by atoms with van der Waals surface area (Å²) in [5.41, 5.74) is 0. The Hall–Kier alpha value is -2.03. The van der Waals surface area contributed by atoms with Gasteiger partial charge in [-0.3, -0.25) is 18.6 Å². The van der Waals surface area contributed by atoms with E-state index in [1.165, 1.54) is 225 Å². The van der Waals surface area contributed by atoms with Crippen molar-refractivity contribution in [3.05, 3.63) is 48.6 Å². The minimum Gasteiger partial charge on any atom is -0.456 e. The first-order chi connectivity index (χ1) is 38.4. The molecule has 79 heavy (non-hydrogen) atoms. The number of carbonyl (C=O) groups excluding carboxylic acids is 2. The Morgan fingerprint density at radius 1 is 0.443 bits per heavy atom. The van der Waals surface area contributed by atoms with Crippen LogP contribution >= 0.6 is 7.82 Å². The number of allylic oxidation sites excluding steroid dienone is 7. The number of likely N-dealkylation sites (N-methyl/N-ethyl adjacent to an activating group) is 1. The van der Waals surface area contributed by atoms with Crippen molar-refractivity contribution in [2.45, 2.75) is 341 Å². The van der Waals surface area contributed by atoms with Gasteiger partial charge in [0.05, 0.1) is 33.8 Å². The third-order valence-electron chi connectivity index (χ3n) is 15.3. The largest absolute Gasteiger partial charge is 0.472 e. The molecular weight excluding hydrogens is 1000 g/mol. The van der Waals surface area contributed by atoms with E-state index in [1.807, 2.05) is 33.3 Å². The summed E-state index contributed by atoms with van der Waals surface area (Å²) in [6.07, 6.45) is 73.9. The zero-order valence-corrected chi connectivity index (χ0v) is 54.0. The number of ether oxygens (including phenoxy) is 1. The average Bonchev–Trinajstić information content (AvgIpc) is 3.41. The van der Waals surface area contributed by atoms with E-state index in [9.17, 15) is 19.0 Å². The molecule has 2 N–H and O–H groups in total. The Morgan fingerprint density at radius 2 is 0.772 bits per heavy atom. The molecule has 0 bridgehead atoms. The number of unbranched alkanes of at least 4 members (excludes halogenated alkanes) is 40. The molecule has 0 aromatic carbocycles. The van der Waals surface area contributed by atoms with Gasteiger partial charge in [-0.1, -0.05) is 294 Å². The Morgan fingerprint density at radius 3 is 1.18 bits per heavy atom. The van der Waals surface area contributed by atoms with Crippen molar-refractivity contribution < 1.29 is 37.3 Å². The lowest BCUT2D eigenvalue weighted by molar-refractivity contribution is -0.870. The van der Waals surface area contributed by atoms with Gasteiger partial charge < -0.3 is 19.4 Å². The van der Waals surface area contributed by atoms with Crippen molar-refractivity contribution >= 4 is 19.7 Å². The summed E-state index contributed by atoms with van der Waals surface area (Å²) >= 11 is 0. The van der Waals surface area contributed by atoms with Gasteiger partial charge in [-0.15, -0.1) is 0 Å². The molecule has 0 saturated carbocycles. The summed E-state index contributed by atoms with van der Waals surface area (Å²) in [6.45, 7) is 7.03. The number of quaternary nitrogens is 1. The van der Waals surface area contributed by atoms with Gasteiger partial charge in [-0.05, 0) is 70.3 Å². The molecule has 9 nitrogen and oxygen atoms in total. The molecule has 0 spiro atoms. The minimum absolute atomic E-state index is 0.0409. The second-order valence-corrected chi connectivity index (χ2v) is 25.8. The fourth-order valence-corrected chi connectivity index (χ4v) is 10.7. The van der Waals surface area contributed by atoms with Crippen LogP contribution in [0.3, 0.4) is 0 Å². The van der Waals surface area contributed by atoms with E-state index in [2.05, 4.69) is 62.5 Å². The minimum atomic E-state index is -4.45. The molecule has 0 rings (SSSR count). The lowest BCUT2D eigenvalue weighted by Gasteiger charge is -2.27. The van der Waals surface area contributed by atoms with Crippen molar-refractivity contribution in [2.75, 3.05) is 40.9 Å². The molecule has 464 valence electrons. The van der Waals surface area contributed by atoms with Crippen molar-refractivity contribution in [3.63, 3.8) is 0 Å². The van der Waals surface area contributed by atoms with E-state index in [0.717, 1.165) is 70.6 Å². The van der Waals surface area contributed by atoms with Crippen LogP contribution in [0.2, 0.25) is 0 Å². The Balaban J connectivity index is 5.15. The number of hydrogen-bond donors (Lipinski definition) is 2. The maximum atomic E-state index is 13.6. The standard InChI is InChI=1S/C69H131N2O7P/c1-7-10-13-16-19-22-25-28-30-32-33-34-35-36-37-39-40-43-46-49-52-55-58-61-68(72)70-66(65-77-79(74,75)76-64-63-71(4,5)6)67(60-57-54-51-48-45-42-27-24-21-18-15-12-9-3)78-69(73)62-59-56-53-50-47-44-41-38-31-29-26-23-20-17-14-11-8-2/h19,22,28,30,33-34,57,60,66-67H,7-18,20-21,23-27,29,31-32,35-56,58-59,61-65H2,1-6H3,(H-,70,72,74,75)/p+1/b22-19-,30-28-,34-33-,60-57-. The van der Waals surface area contributed by atoms with E-state index in [4.69, 9.17) is 13.8 Å². The van der Waals surface area contributed by atoms with Crippen LogP contribution < -0.4 is 5.32 Å². The first-order valence-electron chi connectivity index (χ1n) is 34.0. The van der Waals surface area contributed by atoms with Crippen LogP contribution in [0.25, 0.3) is 0 Å². The molecule has 1 amide bonds. The fraction of sp³-hybridized carbons (Fsp3) is 0.855. The number of phosphoric acid groups is 1. The highest BCUT2D eigenvalue weighted by Crippen LogP contribution is 2.43.